The second-order valence-corrected chi connectivity index (χ2v) is 7.90. The van der Waals surface area contributed by atoms with Crippen LogP contribution in [0.15, 0.2) is 58.1 Å². The lowest BCUT2D eigenvalue weighted by atomic mass is 10.00. The van der Waals surface area contributed by atoms with Gasteiger partial charge in [0.2, 0.25) is 0 Å². The molecule has 2 aromatic carbocycles. The molecule has 8 heteroatoms. The maximum Gasteiger partial charge on any atom is 0.253 e. The Labute approximate surface area is 184 Å². The summed E-state index contributed by atoms with van der Waals surface area (Å²) in [7, 11) is 3.57. The van der Waals surface area contributed by atoms with E-state index in [0.717, 1.165) is 11.1 Å². The van der Waals surface area contributed by atoms with Crippen LogP contribution in [-0.2, 0) is 0 Å². The number of aromatic nitrogens is 2. The summed E-state index contributed by atoms with van der Waals surface area (Å²) in [6.45, 7) is 3.85. The highest BCUT2D eigenvalue weighted by atomic mass is 79.9. The summed E-state index contributed by atoms with van der Waals surface area (Å²) in [5.74, 6) is 1.06. The van der Waals surface area contributed by atoms with Crippen LogP contribution >= 0.6 is 15.9 Å². The van der Waals surface area contributed by atoms with Gasteiger partial charge in [-0.2, -0.15) is 4.99 Å². The van der Waals surface area contributed by atoms with Crippen molar-refractivity contribution in [3.05, 3.63) is 53.1 Å². The lowest BCUT2D eigenvalue weighted by molar-refractivity contribution is 0.239. The molecule has 3 N–H and O–H groups in total. The molecule has 3 rings (SSSR count). The topological polar surface area (TPSA) is 96.9 Å². The second kappa shape index (κ2) is 9.13. The van der Waals surface area contributed by atoms with Gasteiger partial charge in [0.05, 0.1) is 11.8 Å². The van der Waals surface area contributed by atoms with Crippen LogP contribution in [0.25, 0.3) is 22.4 Å². The van der Waals surface area contributed by atoms with Crippen LogP contribution in [0, 0.1) is 0 Å². The molecule has 0 aliphatic heterocycles. The molecule has 0 saturated heterocycles. The number of aromatic hydroxyl groups is 1. The Morgan fingerprint density at radius 3 is 2.47 bits per heavy atom. The van der Waals surface area contributed by atoms with Crippen LogP contribution in [0.5, 0.6) is 11.5 Å². The van der Waals surface area contributed by atoms with Crippen molar-refractivity contribution >= 4 is 27.8 Å². The highest BCUT2D eigenvalue weighted by Crippen LogP contribution is 2.43. The van der Waals surface area contributed by atoms with Crippen LogP contribution < -0.4 is 10.5 Å². The Morgan fingerprint density at radius 1 is 1.13 bits per heavy atom. The van der Waals surface area contributed by atoms with Crippen molar-refractivity contribution < 1.29 is 9.84 Å². The van der Waals surface area contributed by atoms with E-state index < -0.39 is 0 Å². The first-order valence-electron chi connectivity index (χ1n) is 9.40. The SMILES string of the molecule is CC(C)Oc1ccc(-c2nc(/N=C(/N)N(C)C)ncc2-c2ccccc2)c(O)c1Br. The highest BCUT2D eigenvalue weighted by molar-refractivity contribution is 9.10. The van der Waals surface area contributed by atoms with Gasteiger partial charge in [-0.3, -0.25) is 0 Å². The van der Waals surface area contributed by atoms with Gasteiger partial charge >= 0.3 is 0 Å². The molecule has 0 unspecified atom stereocenters. The molecule has 0 spiro atoms. The van der Waals surface area contributed by atoms with Crippen molar-refractivity contribution in [2.24, 2.45) is 10.7 Å². The zero-order valence-electron chi connectivity index (χ0n) is 17.3. The monoisotopic (exact) mass is 469 g/mol. The van der Waals surface area contributed by atoms with Gasteiger partial charge in [0.1, 0.15) is 16.0 Å². The summed E-state index contributed by atoms with van der Waals surface area (Å²) in [4.78, 5) is 14.9. The molecule has 0 saturated carbocycles. The Hall–Kier alpha value is -3.13. The normalized spacial score (nSPS) is 11.6. The average Bonchev–Trinajstić information content (AvgIpc) is 2.72. The van der Waals surface area contributed by atoms with Gasteiger partial charge in [-0.1, -0.05) is 30.3 Å². The number of aliphatic imine (C=N–C) groups is 1. The number of nitrogens with zero attached hydrogens (tertiary/aromatic N) is 4. The molecule has 0 aliphatic rings. The predicted molar refractivity (Wildman–Crippen MR) is 123 cm³/mol. The van der Waals surface area contributed by atoms with E-state index in [2.05, 4.69) is 30.9 Å². The van der Waals surface area contributed by atoms with E-state index in [0.29, 0.717) is 21.5 Å². The Bertz CT molecular complexity index is 1070. The fourth-order valence-corrected chi connectivity index (χ4v) is 3.18. The third kappa shape index (κ3) is 4.71. The predicted octanol–water partition coefficient (Wildman–Crippen LogP) is 4.57. The molecule has 1 heterocycles. The minimum atomic E-state index is -0.0274. The van der Waals surface area contributed by atoms with Gasteiger partial charge in [0, 0.05) is 31.4 Å². The molecule has 0 amide bonds. The second-order valence-electron chi connectivity index (χ2n) is 7.10. The van der Waals surface area contributed by atoms with Crippen LogP contribution in [0.1, 0.15) is 13.8 Å². The third-order valence-electron chi connectivity index (χ3n) is 4.23. The largest absolute Gasteiger partial charge is 0.506 e. The lowest BCUT2D eigenvalue weighted by Gasteiger charge is -2.16. The average molecular weight is 470 g/mol. The molecular formula is C22H24BrN5O2. The summed E-state index contributed by atoms with van der Waals surface area (Å²) >= 11 is 3.44. The summed E-state index contributed by atoms with van der Waals surface area (Å²) in [5, 5.41) is 10.9. The van der Waals surface area contributed by atoms with E-state index in [1.807, 2.05) is 44.2 Å². The van der Waals surface area contributed by atoms with E-state index >= 15 is 0 Å². The molecule has 7 nitrogen and oxygen atoms in total. The fourth-order valence-electron chi connectivity index (χ4n) is 2.75. The first-order valence-corrected chi connectivity index (χ1v) is 10.2. The first kappa shape index (κ1) is 21.6. The maximum atomic E-state index is 10.9. The number of phenolic OH excluding ortho intramolecular Hbond substituents is 1. The minimum Gasteiger partial charge on any atom is -0.506 e. The van der Waals surface area contributed by atoms with Crippen LogP contribution in [-0.4, -0.2) is 46.1 Å². The number of hydrogen-bond donors (Lipinski definition) is 2. The summed E-state index contributed by atoms with van der Waals surface area (Å²) < 4.78 is 6.21. The van der Waals surface area contributed by atoms with Gasteiger partial charge < -0.3 is 20.5 Å². The lowest BCUT2D eigenvalue weighted by Crippen LogP contribution is -2.30. The molecule has 0 radical (unpaired) electrons. The minimum absolute atomic E-state index is 0.0274. The van der Waals surface area contributed by atoms with Crippen LogP contribution in [0.2, 0.25) is 0 Å². The number of phenols is 1. The maximum absolute atomic E-state index is 10.9. The van der Waals surface area contributed by atoms with Crippen molar-refractivity contribution in [3.63, 3.8) is 0 Å². The highest BCUT2D eigenvalue weighted by Gasteiger charge is 2.19. The zero-order valence-corrected chi connectivity index (χ0v) is 18.9. The third-order valence-corrected chi connectivity index (χ3v) is 5.00. The molecule has 3 aromatic rings. The van der Waals surface area contributed by atoms with Gasteiger partial charge in [-0.05, 0) is 47.5 Å². The summed E-state index contributed by atoms with van der Waals surface area (Å²) in [6, 6.07) is 13.3. The van der Waals surface area contributed by atoms with Gasteiger partial charge in [-0.15, -0.1) is 0 Å². The molecular weight excluding hydrogens is 446 g/mol. The number of guanidine groups is 1. The van der Waals surface area contributed by atoms with Gasteiger partial charge in [0.15, 0.2) is 5.96 Å². The van der Waals surface area contributed by atoms with E-state index in [1.165, 1.54) is 0 Å². The Kier molecular flexibility index (Phi) is 6.56. The Morgan fingerprint density at radius 2 is 1.83 bits per heavy atom. The van der Waals surface area contributed by atoms with Crippen molar-refractivity contribution in [1.82, 2.24) is 14.9 Å². The van der Waals surface area contributed by atoms with Crippen molar-refractivity contribution in [3.8, 4) is 33.9 Å². The molecule has 1 aromatic heterocycles. The molecule has 0 aliphatic carbocycles. The first-order chi connectivity index (χ1) is 14.3. The smallest absolute Gasteiger partial charge is 0.253 e. The number of nitrogens with two attached hydrogens (primary N) is 1. The Balaban J connectivity index is 2.20. The number of hydrogen-bond acceptors (Lipinski definition) is 5. The standard InChI is InChI=1S/C22H24BrN5O2/c1-13(2)30-17-11-10-15(20(29)18(17)23)19-16(14-8-6-5-7-9-14)12-25-22(26-19)27-21(24)28(3)4/h5-13,29H,1-4H3,(H2,24,25,26,27). The van der Waals surface area contributed by atoms with Crippen molar-refractivity contribution in [2.45, 2.75) is 20.0 Å². The van der Waals surface area contributed by atoms with Crippen molar-refractivity contribution in [1.29, 1.82) is 0 Å². The number of halogens is 1. The fraction of sp³-hybridized carbons (Fsp3) is 0.227. The van der Waals surface area contributed by atoms with E-state index in [-0.39, 0.29) is 23.8 Å². The molecule has 0 bridgehead atoms. The number of rotatable bonds is 5. The van der Waals surface area contributed by atoms with Gasteiger partial charge in [-0.25, -0.2) is 9.97 Å². The molecule has 0 fully saturated rings. The summed E-state index contributed by atoms with van der Waals surface area (Å²) in [6.07, 6.45) is 1.66. The molecule has 156 valence electrons. The molecule has 30 heavy (non-hydrogen) atoms. The van der Waals surface area contributed by atoms with Gasteiger partial charge in [0.25, 0.3) is 5.95 Å². The van der Waals surface area contributed by atoms with Crippen LogP contribution in [0.4, 0.5) is 5.95 Å². The van der Waals surface area contributed by atoms with Crippen LogP contribution in [0.3, 0.4) is 0 Å². The van der Waals surface area contributed by atoms with E-state index in [1.54, 1.807) is 37.3 Å². The molecule has 0 atom stereocenters. The zero-order chi connectivity index (χ0) is 21.8. The summed E-state index contributed by atoms with van der Waals surface area (Å²) in [5.41, 5.74) is 8.67. The quantitative estimate of drug-likeness (QED) is 0.419. The number of benzene rings is 2. The van der Waals surface area contributed by atoms with E-state index in [4.69, 9.17) is 10.5 Å². The number of ether oxygens (including phenoxy) is 1. The van der Waals surface area contributed by atoms with Crippen molar-refractivity contribution in [2.75, 3.05) is 14.1 Å². The van der Waals surface area contributed by atoms with E-state index in [9.17, 15) is 5.11 Å².